The molecule has 0 saturated carbocycles. The number of benzene rings is 1. The number of amides is 1. The number of hydrogen-bond donors (Lipinski definition) is 2. The fourth-order valence-electron chi connectivity index (χ4n) is 2.56. The fraction of sp³-hybridized carbons (Fsp3) is 0.400. The molecule has 3 rings (SSSR count). The Hall–Kier alpha value is -1.39. The van der Waals surface area contributed by atoms with Crippen molar-refractivity contribution in [2.75, 3.05) is 13.1 Å². The summed E-state index contributed by atoms with van der Waals surface area (Å²) in [6.07, 6.45) is 3.46. The van der Waals surface area contributed by atoms with Gasteiger partial charge in [0.05, 0.1) is 5.56 Å². The second-order valence-electron chi connectivity index (χ2n) is 5.02. The summed E-state index contributed by atoms with van der Waals surface area (Å²) in [5.74, 6) is 0.0612. The van der Waals surface area contributed by atoms with Gasteiger partial charge in [-0.2, -0.15) is 0 Å². The van der Waals surface area contributed by atoms with Crippen LogP contribution >= 0.6 is 11.3 Å². The first kappa shape index (κ1) is 12.6. The van der Waals surface area contributed by atoms with Crippen LogP contribution in [0.25, 0.3) is 10.1 Å². The summed E-state index contributed by atoms with van der Waals surface area (Å²) in [4.78, 5) is 12.4. The molecule has 1 aromatic carbocycles. The number of rotatable bonds is 2. The molecule has 2 heterocycles. The van der Waals surface area contributed by atoms with Crippen LogP contribution in [-0.2, 0) is 0 Å². The summed E-state index contributed by atoms with van der Waals surface area (Å²) in [7, 11) is 0. The van der Waals surface area contributed by atoms with Crippen molar-refractivity contribution in [3.05, 3.63) is 35.2 Å². The average Bonchev–Trinajstić information content (AvgIpc) is 2.70. The Kier molecular flexibility index (Phi) is 3.80. The molecule has 1 aliphatic rings. The molecule has 19 heavy (non-hydrogen) atoms. The SMILES string of the molecule is O=C(NC1CCCCNC1)c1csc2ccccc12. The Labute approximate surface area is 117 Å². The van der Waals surface area contributed by atoms with E-state index in [-0.39, 0.29) is 11.9 Å². The Morgan fingerprint density at radius 2 is 2.21 bits per heavy atom. The van der Waals surface area contributed by atoms with Crippen molar-refractivity contribution in [1.82, 2.24) is 10.6 Å². The zero-order valence-corrected chi connectivity index (χ0v) is 11.6. The minimum absolute atomic E-state index is 0.0612. The van der Waals surface area contributed by atoms with Crippen LogP contribution in [0.5, 0.6) is 0 Å². The summed E-state index contributed by atoms with van der Waals surface area (Å²) in [5.41, 5.74) is 0.810. The van der Waals surface area contributed by atoms with Gasteiger partial charge in [0.25, 0.3) is 5.91 Å². The van der Waals surface area contributed by atoms with Crippen molar-refractivity contribution in [1.29, 1.82) is 0 Å². The van der Waals surface area contributed by atoms with E-state index in [9.17, 15) is 4.79 Å². The highest BCUT2D eigenvalue weighted by Crippen LogP contribution is 2.25. The highest BCUT2D eigenvalue weighted by atomic mass is 32.1. The van der Waals surface area contributed by atoms with Crippen LogP contribution in [0.4, 0.5) is 0 Å². The monoisotopic (exact) mass is 274 g/mol. The van der Waals surface area contributed by atoms with Gasteiger partial charge in [-0.05, 0) is 25.5 Å². The number of hydrogen-bond acceptors (Lipinski definition) is 3. The maximum Gasteiger partial charge on any atom is 0.253 e. The topological polar surface area (TPSA) is 41.1 Å². The molecule has 0 spiro atoms. The standard InChI is InChI=1S/C15H18N2OS/c18-15(17-11-5-3-4-8-16-9-11)13-10-19-14-7-2-1-6-12(13)14/h1-2,6-7,10-11,16H,3-5,8-9H2,(H,17,18). The van der Waals surface area contributed by atoms with Crippen LogP contribution in [0.2, 0.25) is 0 Å². The molecular weight excluding hydrogens is 256 g/mol. The van der Waals surface area contributed by atoms with Gasteiger partial charge in [0.2, 0.25) is 0 Å². The van der Waals surface area contributed by atoms with E-state index in [4.69, 9.17) is 0 Å². The summed E-state index contributed by atoms with van der Waals surface area (Å²) in [6, 6.07) is 8.33. The maximum atomic E-state index is 12.4. The molecule has 1 unspecified atom stereocenters. The predicted molar refractivity (Wildman–Crippen MR) is 79.8 cm³/mol. The van der Waals surface area contributed by atoms with Gasteiger partial charge in [-0.15, -0.1) is 11.3 Å². The third kappa shape index (κ3) is 2.80. The van der Waals surface area contributed by atoms with Gasteiger partial charge in [-0.3, -0.25) is 4.79 Å². The Bertz CT molecular complexity index is 570. The molecule has 100 valence electrons. The van der Waals surface area contributed by atoms with Crippen molar-refractivity contribution in [3.8, 4) is 0 Å². The number of carbonyl (C=O) groups is 1. The van der Waals surface area contributed by atoms with Gasteiger partial charge in [0, 0.05) is 28.1 Å². The van der Waals surface area contributed by atoms with Gasteiger partial charge in [-0.1, -0.05) is 24.6 Å². The van der Waals surface area contributed by atoms with Gasteiger partial charge in [0.15, 0.2) is 0 Å². The highest BCUT2D eigenvalue weighted by Gasteiger charge is 2.17. The van der Waals surface area contributed by atoms with E-state index in [0.717, 1.165) is 30.5 Å². The lowest BCUT2D eigenvalue weighted by atomic mass is 10.1. The third-order valence-corrected chi connectivity index (χ3v) is 4.57. The van der Waals surface area contributed by atoms with Crippen molar-refractivity contribution in [2.24, 2.45) is 0 Å². The molecule has 2 aromatic rings. The van der Waals surface area contributed by atoms with Crippen molar-refractivity contribution in [2.45, 2.75) is 25.3 Å². The zero-order chi connectivity index (χ0) is 13.1. The molecule has 1 aromatic heterocycles. The Morgan fingerprint density at radius 1 is 1.32 bits per heavy atom. The third-order valence-electron chi connectivity index (χ3n) is 3.61. The van der Waals surface area contributed by atoms with E-state index < -0.39 is 0 Å². The van der Waals surface area contributed by atoms with Crippen molar-refractivity contribution < 1.29 is 4.79 Å². The summed E-state index contributed by atoms with van der Waals surface area (Å²) in [5, 5.41) is 9.56. The zero-order valence-electron chi connectivity index (χ0n) is 10.8. The smallest absolute Gasteiger partial charge is 0.253 e. The largest absolute Gasteiger partial charge is 0.348 e. The molecular formula is C15H18N2OS. The summed E-state index contributed by atoms with van der Waals surface area (Å²) < 4.78 is 1.17. The molecule has 1 saturated heterocycles. The highest BCUT2D eigenvalue weighted by molar-refractivity contribution is 7.17. The Morgan fingerprint density at radius 3 is 3.16 bits per heavy atom. The lowest BCUT2D eigenvalue weighted by molar-refractivity contribution is 0.0937. The number of thiophene rings is 1. The number of carbonyl (C=O) groups excluding carboxylic acids is 1. The van der Waals surface area contributed by atoms with Crippen LogP contribution in [0, 0.1) is 0 Å². The van der Waals surface area contributed by atoms with E-state index in [1.165, 1.54) is 17.5 Å². The second-order valence-corrected chi connectivity index (χ2v) is 5.93. The minimum atomic E-state index is 0.0612. The molecule has 4 heteroatoms. The van der Waals surface area contributed by atoms with E-state index in [1.807, 2.05) is 23.6 Å². The van der Waals surface area contributed by atoms with Crippen LogP contribution < -0.4 is 10.6 Å². The average molecular weight is 274 g/mol. The first-order valence-corrected chi connectivity index (χ1v) is 7.70. The molecule has 0 aliphatic carbocycles. The first-order chi connectivity index (χ1) is 9.34. The van der Waals surface area contributed by atoms with Crippen LogP contribution in [0.1, 0.15) is 29.6 Å². The molecule has 1 aliphatic heterocycles. The normalized spacial score (nSPS) is 20.1. The van der Waals surface area contributed by atoms with Gasteiger partial charge in [-0.25, -0.2) is 0 Å². The maximum absolute atomic E-state index is 12.4. The van der Waals surface area contributed by atoms with E-state index in [1.54, 1.807) is 11.3 Å². The molecule has 1 atom stereocenters. The second kappa shape index (κ2) is 5.72. The molecule has 2 N–H and O–H groups in total. The summed E-state index contributed by atoms with van der Waals surface area (Å²) in [6.45, 7) is 1.95. The minimum Gasteiger partial charge on any atom is -0.348 e. The van der Waals surface area contributed by atoms with Gasteiger partial charge < -0.3 is 10.6 Å². The molecule has 1 fully saturated rings. The van der Waals surface area contributed by atoms with Crippen molar-refractivity contribution in [3.63, 3.8) is 0 Å². The number of fused-ring (bicyclic) bond motifs is 1. The van der Waals surface area contributed by atoms with Gasteiger partial charge >= 0.3 is 0 Å². The Balaban J connectivity index is 1.76. The van der Waals surface area contributed by atoms with Crippen LogP contribution in [0.15, 0.2) is 29.6 Å². The van der Waals surface area contributed by atoms with Crippen molar-refractivity contribution >= 4 is 27.3 Å². The van der Waals surface area contributed by atoms with Crippen LogP contribution in [0.3, 0.4) is 0 Å². The van der Waals surface area contributed by atoms with E-state index in [2.05, 4.69) is 16.7 Å². The molecule has 0 bridgehead atoms. The van der Waals surface area contributed by atoms with E-state index >= 15 is 0 Å². The lowest BCUT2D eigenvalue weighted by Crippen LogP contribution is -2.40. The molecule has 3 nitrogen and oxygen atoms in total. The fourth-order valence-corrected chi connectivity index (χ4v) is 3.50. The van der Waals surface area contributed by atoms with E-state index in [0.29, 0.717) is 0 Å². The molecule has 0 radical (unpaired) electrons. The quantitative estimate of drug-likeness (QED) is 0.884. The summed E-state index contributed by atoms with van der Waals surface area (Å²) >= 11 is 1.63. The number of nitrogens with one attached hydrogen (secondary N) is 2. The van der Waals surface area contributed by atoms with Crippen LogP contribution in [-0.4, -0.2) is 25.0 Å². The van der Waals surface area contributed by atoms with Gasteiger partial charge in [0.1, 0.15) is 0 Å². The lowest BCUT2D eigenvalue weighted by Gasteiger charge is -2.16. The molecule has 1 amide bonds. The first-order valence-electron chi connectivity index (χ1n) is 6.82. The predicted octanol–water partition coefficient (Wildman–Crippen LogP) is 2.77.